The van der Waals surface area contributed by atoms with Crippen molar-refractivity contribution in [3.8, 4) is 18.1 Å². The number of ether oxygens (including phenoxy) is 1. The van der Waals surface area contributed by atoms with E-state index < -0.39 is 5.97 Å². The number of aromatic carboxylic acids is 1. The Balaban J connectivity index is 2.18. The van der Waals surface area contributed by atoms with Crippen LogP contribution in [0.15, 0.2) is 18.2 Å². The number of rotatable bonds is 7. The van der Waals surface area contributed by atoms with E-state index in [2.05, 4.69) is 59.3 Å². The van der Waals surface area contributed by atoms with Crippen LogP contribution in [0.25, 0.3) is 0 Å². The third-order valence-corrected chi connectivity index (χ3v) is 8.08. The first-order valence-electron chi connectivity index (χ1n) is 11.2. The minimum atomic E-state index is -1.02. The zero-order valence-corrected chi connectivity index (χ0v) is 21.2. The van der Waals surface area contributed by atoms with Crippen LogP contribution in [-0.2, 0) is 10.8 Å². The summed E-state index contributed by atoms with van der Waals surface area (Å²) in [6.45, 7) is 16.9. The highest BCUT2D eigenvalue weighted by Gasteiger charge is 2.41. The normalized spacial score (nSPS) is 16.3. The van der Waals surface area contributed by atoms with Gasteiger partial charge >= 0.3 is 5.97 Å². The van der Waals surface area contributed by atoms with Crippen LogP contribution in [0.1, 0.15) is 80.7 Å². The third-order valence-electron chi connectivity index (χ3n) is 6.40. The van der Waals surface area contributed by atoms with Crippen molar-refractivity contribution in [3.63, 3.8) is 0 Å². The molecule has 0 radical (unpaired) electrons. The van der Waals surface area contributed by atoms with Crippen LogP contribution in [0.5, 0.6) is 5.75 Å². The lowest BCUT2D eigenvalue weighted by molar-refractivity contribution is 0.0693. The maximum absolute atomic E-state index is 11.7. The molecule has 1 aliphatic rings. The van der Waals surface area contributed by atoms with Crippen molar-refractivity contribution >= 4 is 28.0 Å². The van der Waals surface area contributed by atoms with Gasteiger partial charge in [0.2, 0.25) is 0 Å². The Labute approximate surface area is 196 Å². The molecule has 0 bridgehead atoms. The lowest BCUT2D eigenvalue weighted by atomic mass is 9.66. The Morgan fingerprint density at radius 2 is 1.91 bits per heavy atom. The summed E-state index contributed by atoms with van der Waals surface area (Å²) in [4.78, 5) is 15.5. The zero-order valence-electron chi connectivity index (χ0n) is 20.3. The molecule has 1 aliphatic carbocycles. The average Bonchev–Trinajstić information content (AvgIpc) is 3.07. The van der Waals surface area contributed by atoms with Gasteiger partial charge in [0.25, 0.3) is 0 Å². The second-order valence-electron chi connectivity index (χ2n) is 10.5. The molecule has 1 aromatic carbocycles. The molecule has 32 heavy (non-hydrogen) atoms. The van der Waals surface area contributed by atoms with Crippen LogP contribution in [0.3, 0.4) is 0 Å². The van der Waals surface area contributed by atoms with E-state index in [4.69, 9.17) is 11.2 Å². The van der Waals surface area contributed by atoms with Crippen molar-refractivity contribution in [2.45, 2.75) is 72.1 Å². The van der Waals surface area contributed by atoms with E-state index >= 15 is 0 Å². The highest BCUT2D eigenvalue weighted by atomic mass is 32.1. The van der Waals surface area contributed by atoms with Crippen molar-refractivity contribution in [2.24, 2.45) is 5.92 Å². The fraction of sp³-hybridized carbons (Fsp3) is 0.519. The van der Waals surface area contributed by atoms with Gasteiger partial charge in [-0.25, -0.2) is 4.79 Å². The molecule has 1 aromatic heterocycles. The molecule has 1 N–H and O–H groups in total. The summed E-state index contributed by atoms with van der Waals surface area (Å²) in [6, 6.07) is 5.31. The predicted molar refractivity (Wildman–Crippen MR) is 134 cm³/mol. The summed E-state index contributed by atoms with van der Waals surface area (Å²) >= 11 is 1.89. The number of fused-ring (bicyclic) bond motifs is 1. The van der Waals surface area contributed by atoms with Gasteiger partial charge in [-0.05, 0) is 59.8 Å². The van der Waals surface area contributed by atoms with Gasteiger partial charge in [0.05, 0.1) is 5.00 Å². The van der Waals surface area contributed by atoms with Crippen molar-refractivity contribution in [1.82, 2.24) is 0 Å². The van der Waals surface area contributed by atoms with E-state index in [1.54, 1.807) is 6.07 Å². The topological polar surface area (TPSA) is 49.8 Å². The maximum Gasteiger partial charge on any atom is 0.339 e. The van der Waals surface area contributed by atoms with Crippen LogP contribution in [0.4, 0.5) is 10.7 Å². The molecular formula is C27H35NO3S. The Morgan fingerprint density at radius 3 is 2.47 bits per heavy atom. The van der Waals surface area contributed by atoms with Crippen LogP contribution in [-0.4, -0.2) is 24.2 Å². The number of anilines is 2. The minimum Gasteiger partial charge on any atom is -0.480 e. The Hall–Kier alpha value is -2.45. The number of terminal acetylenes is 1. The van der Waals surface area contributed by atoms with E-state index in [1.807, 2.05) is 23.5 Å². The van der Waals surface area contributed by atoms with Crippen molar-refractivity contribution in [1.29, 1.82) is 0 Å². The molecule has 0 fully saturated rings. The number of thiophene rings is 1. The molecule has 1 heterocycles. The number of carboxylic acids is 1. The summed E-state index contributed by atoms with van der Waals surface area (Å²) in [5, 5.41) is 10.8. The molecule has 0 aliphatic heterocycles. The van der Waals surface area contributed by atoms with E-state index in [0.29, 0.717) is 11.7 Å². The molecule has 0 unspecified atom stereocenters. The number of benzene rings is 1. The average molecular weight is 454 g/mol. The second-order valence-corrected chi connectivity index (χ2v) is 11.5. The lowest BCUT2D eigenvalue weighted by Gasteiger charge is -2.39. The largest absolute Gasteiger partial charge is 0.480 e. The summed E-state index contributed by atoms with van der Waals surface area (Å²) in [5.74, 6) is 2.13. The molecule has 172 valence electrons. The van der Waals surface area contributed by atoms with Crippen molar-refractivity contribution < 1.29 is 14.6 Å². The summed E-state index contributed by atoms with van der Waals surface area (Å²) in [6.07, 6.45) is 7.70. The highest BCUT2D eigenvalue weighted by molar-refractivity contribution is 7.16. The maximum atomic E-state index is 11.7. The first kappa shape index (κ1) is 24.2. The van der Waals surface area contributed by atoms with Crippen LogP contribution in [0, 0.1) is 25.2 Å². The quantitative estimate of drug-likeness (QED) is 0.463. The first-order chi connectivity index (χ1) is 14.9. The summed E-state index contributed by atoms with van der Waals surface area (Å²) < 4.78 is 5.62. The van der Waals surface area contributed by atoms with Crippen LogP contribution >= 0.6 is 11.3 Å². The van der Waals surface area contributed by atoms with E-state index in [0.717, 1.165) is 12.2 Å². The molecule has 0 spiro atoms. The number of carbonyl (C=O) groups is 1. The Bertz CT molecular complexity index is 1060. The summed E-state index contributed by atoms with van der Waals surface area (Å²) in [5.41, 5.74) is 4.15. The SMILES string of the molecule is C#CCOc1cc(N(CC(C)C)c2sc3c(c2C)C(C)(C)CCC3(C)C)ccc1C(=O)O. The Kier molecular flexibility index (Phi) is 6.67. The van der Waals surface area contributed by atoms with Gasteiger partial charge in [-0.2, -0.15) is 0 Å². The zero-order chi connectivity index (χ0) is 23.8. The van der Waals surface area contributed by atoms with Crippen LogP contribution in [0.2, 0.25) is 0 Å². The fourth-order valence-electron chi connectivity index (χ4n) is 4.68. The van der Waals surface area contributed by atoms with Gasteiger partial charge in [-0.1, -0.05) is 47.5 Å². The van der Waals surface area contributed by atoms with Gasteiger partial charge in [-0.15, -0.1) is 17.8 Å². The highest BCUT2D eigenvalue weighted by Crippen LogP contribution is 2.54. The molecule has 0 saturated heterocycles. The van der Waals surface area contributed by atoms with Gasteiger partial charge in [0.1, 0.15) is 17.9 Å². The van der Waals surface area contributed by atoms with Gasteiger partial charge in [-0.3, -0.25) is 0 Å². The molecule has 0 amide bonds. The molecule has 0 saturated carbocycles. The van der Waals surface area contributed by atoms with Crippen molar-refractivity contribution in [3.05, 3.63) is 39.8 Å². The smallest absolute Gasteiger partial charge is 0.339 e. The number of hydrogen-bond acceptors (Lipinski definition) is 4. The lowest BCUT2D eigenvalue weighted by Crippen LogP contribution is -2.32. The van der Waals surface area contributed by atoms with Crippen LogP contribution < -0.4 is 9.64 Å². The molecule has 3 rings (SSSR count). The Morgan fingerprint density at radius 1 is 1.25 bits per heavy atom. The number of carboxylic acid groups (broad SMARTS) is 1. The monoisotopic (exact) mass is 453 g/mol. The van der Waals surface area contributed by atoms with E-state index in [9.17, 15) is 9.90 Å². The molecular weight excluding hydrogens is 418 g/mol. The molecule has 2 aromatic rings. The second kappa shape index (κ2) is 8.83. The first-order valence-corrected chi connectivity index (χ1v) is 12.1. The fourth-order valence-corrected chi connectivity index (χ4v) is 6.33. The van der Waals surface area contributed by atoms with E-state index in [-0.39, 0.29) is 23.0 Å². The van der Waals surface area contributed by atoms with E-state index in [1.165, 1.54) is 33.8 Å². The predicted octanol–water partition coefficient (Wildman–Crippen LogP) is 6.91. The molecule has 0 atom stereocenters. The molecule has 4 nitrogen and oxygen atoms in total. The number of hydrogen-bond donors (Lipinski definition) is 1. The van der Waals surface area contributed by atoms with Gasteiger partial charge in [0.15, 0.2) is 0 Å². The summed E-state index contributed by atoms with van der Waals surface area (Å²) in [7, 11) is 0. The number of nitrogens with zero attached hydrogens (tertiary/aromatic N) is 1. The van der Waals surface area contributed by atoms with Gasteiger partial charge in [0, 0.05) is 23.2 Å². The van der Waals surface area contributed by atoms with Gasteiger partial charge < -0.3 is 14.7 Å². The van der Waals surface area contributed by atoms with Crippen molar-refractivity contribution in [2.75, 3.05) is 18.1 Å². The third kappa shape index (κ3) is 4.52. The minimum absolute atomic E-state index is 0.0304. The molecule has 5 heteroatoms. The standard InChI is InChI=1S/C27H35NO3S/c1-9-14-31-21-15-19(10-11-20(21)25(29)30)28(16-17(2)3)24-18(4)22-23(32-24)27(7,8)13-12-26(22,5)6/h1,10-11,15,17H,12-14,16H2,2-8H3,(H,29,30).